The summed E-state index contributed by atoms with van der Waals surface area (Å²) in [6, 6.07) is 11.7. The summed E-state index contributed by atoms with van der Waals surface area (Å²) in [7, 11) is 1.95. The highest BCUT2D eigenvalue weighted by atomic mass is 35.5. The predicted molar refractivity (Wildman–Crippen MR) is 85.8 cm³/mol. The van der Waals surface area contributed by atoms with Crippen LogP contribution in [-0.4, -0.2) is 24.3 Å². The van der Waals surface area contributed by atoms with Crippen molar-refractivity contribution >= 4 is 28.7 Å². The van der Waals surface area contributed by atoms with Crippen LogP contribution in [0.5, 0.6) is 0 Å². The number of carbonyl (C=O) groups excluding carboxylic acids is 1. The molecule has 1 aromatic carbocycles. The molecule has 0 spiro atoms. The summed E-state index contributed by atoms with van der Waals surface area (Å²) >= 11 is 7.56. The van der Waals surface area contributed by atoms with Gasteiger partial charge in [-0.15, -0.1) is 11.3 Å². The van der Waals surface area contributed by atoms with E-state index in [0.717, 1.165) is 28.4 Å². The summed E-state index contributed by atoms with van der Waals surface area (Å²) in [6.07, 6.45) is 0.982. The van der Waals surface area contributed by atoms with E-state index in [1.807, 2.05) is 48.3 Å². The van der Waals surface area contributed by atoms with Crippen molar-refractivity contribution in [3.05, 3.63) is 56.7 Å². The van der Waals surface area contributed by atoms with Gasteiger partial charge in [0.1, 0.15) is 0 Å². The Morgan fingerprint density at radius 2 is 2.10 bits per heavy atom. The zero-order valence-corrected chi connectivity index (χ0v) is 13.3. The minimum atomic E-state index is 0.180. The van der Waals surface area contributed by atoms with Gasteiger partial charge in [-0.3, -0.25) is 9.69 Å². The van der Waals surface area contributed by atoms with Gasteiger partial charge in [-0.2, -0.15) is 0 Å². The van der Waals surface area contributed by atoms with E-state index in [0.29, 0.717) is 6.54 Å². The number of likely N-dealkylation sites (N-methyl/N-ethyl adjacent to an activating group) is 1. The van der Waals surface area contributed by atoms with Crippen molar-refractivity contribution in [2.45, 2.75) is 19.9 Å². The van der Waals surface area contributed by atoms with E-state index in [9.17, 15) is 4.79 Å². The average Bonchev–Trinajstić information content (AvgIpc) is 2.87. The summed E-state index contributed by atoms with van der Waals surface area (Å²) in [5, 5.41) is 0.730. The van der Waals surface area contributed by atoms with Gasteiger partial charge in [0.15, 0.2) is 5.78 Å². The number of nitrogens with zero attached hydrogens (tertiary/aromatic N) is 1. The lowest BCUT2D eigenvalue weighted by molar-refractivity contribution is 0.0947. The molecular weight excluding hydrogens is 290 g/mol. The van der Waals surface area contributed by atoms with Crippen molar-refractivity contribution in [3.63, 3.8) is 0 Å². The van der Waals surface area contributed by atoms with Gasteiger partial charge in [-0.25, -0.2) is 0 Å². The number of hydrogen-bond donors (Lipinski definition) is 0. The predicted octanol–water partition coefficient (Wildman–Crippen LogP) is 4.28. The first-order valence-electron chi connectivity index (χ1n) is 6.63. The number of hydrogen-bond acceptors (Lipinski definition) is 3. The first kappa shape index (κ1) is 15.2. The third kappa shape index (κ3) is 4.17. The molecule has 0 atom stereocenters. The van der Waals surface area contributed by atoms with Crippen LogP contribution in [0.1, 0.15) is 27.0 Å². The largest absolute Gasteiger partial charge is 0.295 e. The van der Waals surface area contributed by atoms with E-state index in [4.69, 9.17) is 11.6 Å². The van der Waals surface area contributed by atoms with Crippen LogP contribution in [0.15, 0.2) is 36.4 Å². The monoisotopic (exact) mass is 307 g/mol. The summed E-state index contributed by atoms with van der Waals surface area (Å²) < 4.78 is 0. The number of ketones is 1. The van der Waals surface area contributed by atoms with Gasteiger partial charge < -0.3 is 0 Å². The highest BCUT2D eigenvalue weighted by Crippen LogP contribution is 2.18. The molecule has 20 heavy (non-hydrogen) atoms. The normalized spacial score (nSPS) is 11.0. The minimum absolute atomic E-state index is 0.180. The number of Topliss-reactive ketones (excluding diaryl/α,β-unsaturated/α-hetero) is 1. The molecule has 2 nitrogen and oxygen atoms in total. The maximum atomic E-state index is 12.2. The van der Waals surface area contributed by atoms with Crippen LogP contribution in [-0.2, 0) is 13.0 Å². The Morgan fingerprint density at radius 1 is 1.30 bits per heavy atom. The molecule has 0 amide bonds. The Labute approximate surface area is 129 Å². The Hall–Kier alpha value is -1.16. The Balaban J connectivity index is 1.94. The number of thiophene rings is 1. The van der Waals surface area contributed by atoms with Gasteiger partial charge in [-0.05, 0) is 43.3 Å². The number of halogens is 1. The molecule has 0 unspecified atom stereocenters. The number of aryl methyl sites for hydroxylation is 1. The van der Waals surface area contributed by atoms with Crippen molar-refractivity contribution in [3.8, 4) is 0 Å². The first-order valence-corrected chi connectivity index (χ1v) is 7.83. The molecule has 0 radical (unpaired) electrons. The van der Waals surface area contributed by atoms with E-state index in [2.05, 4.69) is 6.92 Å². The van der Waals surface area contributed by atoms with Crippen molar-refractivity contribution < 1.29 is 4.79 Å². The fraction of sp³-hybridized carbons (Fsp3) is 0.312. The molecule has 0 aliphatic carbocycles. The molecule has 0 N–H and O–H groups in total. The molecule has 1 aromatic heterocycles. The fourth-order valence-electron chi connectivity index (χ4n) is 2.04. The number of benzene rings is 1. The Bertz CT molecular complexity index is 594. The summed E-state index contributed by atoms with van der Waals surface area (Å²) in [4.78, 5) is 16.3. The second kappa shape index (κ2) is 7.02. The number of rotatable bonds is 6. The zero-order valence-electron chi connectivity index (χ0n) is 11.7. The average molecular weight is 308 g/mol. The lowest BCUT2D eigenvalue weighted by Crippen LogP contribution is -2.25. The quantitative estimate of drug-likeness (QED) is 0.742. The van der Waals surface area contributed by atoms with Crippen LogP contribution in [0.2, 0.25) is 5.02 Å². The fourth-order valence-corrected chi connectivity index (χ4v) is 3.13. The molecule has 0 fully saturated rings. The van der Waals surface area contributed by atoms with Crippen molar-refractivity contribution in [1.82, 2.24) is 4.90 Å². The maximum Gasteiger partial charge on any atom is 0.186 e. The molecule has 0 aliphatic rings. The molecule has 0 saturated carbocycles. The Morgan fingerprint density at radius 3 is 2.75 bits per heavy atom. The van der Waals surface area contributed by atoms with Gasteiger partial charge in [0.2, 0.25) is 0 Å². The molecule has 0 aliphatic heterocycles. The summed E-state index contributed by atoms with van der Waals surface area (Å²) in [6.45, 7) is 3.25. The van der Waals surface area contributed by atoms with Gasteiger partial charge in [0.25, 0.3) is 0 Å². The van der Waals surface area contributed by atoms with E-state index >= 15 is 0 Å². The van der Waals surface area contributed by atoms with Crippen LogP contribution >= 0.6 is 22.9 Å². The maximum absolute atomic E-state index is 12.2. The third-order valence-corrected chi connectivity index (χ3v) is 4.55. The van der Waals surface area contributed by atoms with Gasteiger partial charge in [0, 0.05) is 16.4 Å². The van der Waals surface area contributed by atoms with Crippen LogP contribution in [0.4, 0.5) is 0 Å². The van der Waals surface area contributed by atoms with E-state index in [1.165, 1.54) is 4.88 Å². The van der Waals surface area contributed by atoms with E-state index < -0.39 is 0 Å². The van der Waals surface area contributed by atoms with Crippen molar-refractivity contribution in [1.29, 1.82) is 0 Å². The topological polar surface area (TPSA) is 20.3 Å². The third-order valence-electron chi connectivity index (χ3n) is 3.04. The highest BCUT2D eigenvalue weighted by molar-refractivity contribution is 7.14. The molecule has 4 heteroatoms. The highest BCUT2D eigenvalue weighted by Gasteiger charge is 2.12. The summed E-state index contributed by atoms with van der Waals surface area (Å²) in [5.41, 5.74) is 1.12. The first-order chi connectivity index (χ1) is 9.58. The van der Waals surface area contributed by atoms with Crippen molar-refractivity contribution in [2.75, 3.05) is 13.6 Å². The van der Waals surface area contributed by atoms with Crippen LogP contribution in [0, 0.1) is 0 Å². The lowest BCUT2D eigenvalue weighted by atomic mass is 10.2. The molecular formula is C16H18ClNOS. The van der Waals surface area contributed by atoms with Crippen LogP contribution in [0.25, 0.3) is 0 Å². The molecule has 0 saturated heterocycles. The summed E-state index contributed by atoms with van der Waals surface area (Å²) in [5.74, 6) is 0.180. The van der Waals surface area contributed by atoms with E-state index in [-0.39, 0.29) is 5.78 Å². The minimum Gasteiger partial charge on any atom is -0.295 e. The lowest BCUT2D eigenvalue weighted by Gasteiger charge is -2.15. The van der Waals surface area contributed by atoms with Gasteiger partial charge >= 0.3 is 0 Å². The van der Waals surface area contributed by atoms with Gasteiger partial charge in [-0.1, -0.05) is 30.7 Å². The second-order valence-electron chi connectivity index (χ2n) is 4.84. The second-order valence-corrected chi connectivity index (χ2v) is 6.45. The van der Waals surface area contributed by atoms with E-state index in [1.54, 1.807) is 11.3 Å². The van der Waals surface area contributed by atoms with Crippen LogP contribution in [0.3, 0.4) is 0 Å². The molecule has 2 rings (SSSR count). The molecule has 106 valence electrons. The standard InChI is InChI=1S/C16H18ClNOS/c1-3-14-7-8-16(20-14)15(19)11-18(2)10-12-5-4-6-13(17)9-12/h4-9H,3,10-11H2,1-2H3. The molecule has 0 bridgehead atoms. The molecule has 2 aromatic rings. The Kier molecular flexibility index (Phi) is 5.35. The number of carbonyl (C=O) groups is 1. The SMILES string of the molecule is CCc1ccc(C(=O)CN(C)Cc2cccc(Cl)c2)s1. The zero-order chi connectivity index (χ0) is 14.5. The smallest absolute Gasteiger partial charge is 0.186 e. The van der Waals surface area contributed by atoms with Gasteiger partial charge in [0.05, 0.1) is 11.4 Å². The molecule has 1 heterocycles. The van der Waals surface area contributed by atoms with Crippen molar-refractivity contribution in [2.24, 2.45) is 0 Å². The van der Waals surface area contributed by atoms with Crippen LogP contribution < -0.4 is 0 Å².